The Kier molecular flexibility index (Phi) is 7.03. The first-order valence-electron chi connectivity index (χ1n) is 7.64. The molecule has 0 saturated heterocycles. The third kappa shape index (κ3) is 4.47. The van der Waals surface area contributed by atoms with Gasteiger partial charge in [-0.25, -0.2) is 0 Å². The fourth-order valence-electron chi connectivity index (χ4n) is 2.56. The Morgan fingerprint density at radius 2 is 1.58 bits per heavy atom. The van der Waals surface area contributed by atoms with Crippen molar-refractivity contribution >= 4 is 23.2 Å². The number of ether oxygens (including phenoxy) is 3. The number of hydrogen-bond acceptors (Lipinski definition) is 3. The molecule has 0 unspecified atom stereocenters. The highest BCUT2D eigenvalue weighted by Gasteiger charge is 2.16. The number of rotatable bonds is 8. The normalized spacial score (nSPS) is 10.5. The first kappa shape index (κ1) is 18.7. The van der Waals surface area contributed by atoms with Crippen molar-refractivity contribution in [1.82, 2.24) is 0 Å². The van der Waals surface area contributed by atoms with Crippen LogP contribution >= 0.6 is 23.2 Å². The summed E-state index contributed by atoms with van der Waals surface area (Å²) < 4.78 is 16.2. The van der Waals surface area contributed by atoms with Gasteiger partial charge in [-0.1, -0.05) is 29.3 Å². The van der Waals surface area contributed by atoms with Crippen LogP contribution in [0, 0.1) is 0 Å². The predicted octanol–water partition coefficient (Wildman–Crippen LogP) is 3.33. The van der Waals surface area contributed by atoms with E-state index in [1.54, 1.807) is 27.4 Å². The molecule has 0 fully saturated rings. The molecule has 2 rings (SSSR count). The smallest absolute Gasteiger partial charge is 0.203 e. The number of quaternary nitrogens is 1. The van der Waals surface area contributed by atoms with Crippen molar-refractivity contribution in [2.45, 2.75) is 13.0 Å². The second kappa shape index (κ2) is 9.02. The second-order valence-corrected chi connectivity index (χ2v) is 6.10. The molecule has 0 aliphatic heterocycles. The Hall–Kier alpha value is -1.62. The van der Waals surface area contributed by atoms with Crippen molar-refractivity contribution in [2.75, 3.05) is 27.9 Å². The largest absolute Gasteiger partial charge is 0.493 e. The molecular formula is C18H22Cl2NO3+. The zero-order chi connectivity index (χ0) is 17.5. The van der Waals surface area contributed by atoms with Crippen molar-refractivity contribution in [3.63, 3.8) is 0 Å². The minimum atomic E-state index is 0.617. The molecule has 2 N–H and O–H groups in total. The molecule has 6 heteroatoms. The maximum atomic E-state index is 6.20. The fraction of sp³-hybridized carbons (Fsp3) is 0.333. The van der Waals surface area contributed by atoms with Crippen LogP contribution < -0.4 is 19.5 Å². The lowest BCUT2D eigenvalue weighted by Crippen LogP contribution is -2.83. The SMILES string of the molecule is COc1ccc(C[NH2+]CCc2ccc(Cl)cc2Cl)c(OC)c1OC. The van der Waals surface area contributed by atoms with Gasteiger partial charge in [0, 0.05) is 16.5 Å². The number of methoxy groups -OCH3 is 3. The summed E-state index contributed by atoms with van der Waals surface area (Å²) in [6.45, 7) is 1.67. The maximum absolute atomic E-state index is 6.20. The quantitative estimate of drug-likeness (QED) is 0.724. The Labute approximate surface area is 152 Å². The van der Waals surface area contributed by atoms with E-state index >= 15 is 0 Å². The lowest BCUT2D eigenvalue weighted by molar-refractivity contribution is -0.670. The van der Waals surface area contributed by atoms with Gasteiger partial charge in [0.25, 0.3) is 0 Å². The number of halogens is 2. The summed E-state index contributed by atoms with van der Waals surface area (Å²) in [4.78, 5) is 0. The molecule has 4 nitrogen and oxygen atoms in total. The number of nitrogens with two attached hydrogens (primary N) is 1. The lowest BCUT2D eigenvalue weighted by atomic mass is 10.1. The average molecular weight is 371 g/mol. The molecule has 130 valence electrons. The van der Waals surface area contributed by atoms with Gasteiger partial charge in [0.1, 0.15) is 6.54 Å². The Morgan fingerprint density at radius 3 is 2.21 bits per heavy atom. The molecule has 0 spiro atoms. The van der Waals surface area contributed by atoms with Gasteiger partial charge in [-0.15, -0.1) is 0 Å². The number of hydrogen-bond donors (Lipinski definition) is 1. The zero-order valence-corrected chi connectivity index (χ0v) is 15.6. The van der Waals surface area contributed by atoms with Gasteiger partial charge >= 0.3 is 0 Å². The van der Waals surface area contributed by atoms with Crippen LogP contribution in [0.3, 0.4) is 0 Å². The van der Waals surface area contributed by atoms with Crippen LogP contribution in [0.5, 0.6) is 17.2 Å². The van der Waals surface area contributed by atoms with E-state index in [4.69, 9.17) is 37.4 Å². The van der Waals surface area contributed by atoms with Crippen molar-refractivity contribution in [2.24, 2.45) is 0 Å². The van der Waals surface area contributed by atoms with Crippen LogP contribution in [0.1, 0.15) is 11.1 Å². The standard InChI is InChI=1S/C18H21Cl2NO3/c1-22-16-7-5-13(17(23-2)18(16)24-3)11-21-9-8-12-4-6-14(19)10-15(12)20/h4-7,10,21H,8-9,11H2,1-3H3/p+1. The maximum Gasteiger partial charge on any atom is 0.203 e. The molecule has 2 aromatic rings. The highest BCUT2D eigenvalue weighted by atomic mass is 35.5. The predicted molar refractivity (Wildman–Crippen MR) is 96.8 cm³/mol. The van der Waals surface area contributed by atoms with E-state index in [0.29, 0.717) is 27.3 Å². The van der Waals surface area contributed by atoms with E-state index in [1.807, 2.05) is 24.3 Å². The Morgan fingerprint density at radius 1 is 0.875 bits per heavy atom. The third-order valence-electron chi connectivity index (χ3n) is 3.78. The van der Waals surface area contributed by atoms with Gasteiger partial charge in [0.15, 0.2) is 11.5 Å². The Balaban J connectivity index is 1.99. The van der Waals surface area contributed by atoms with Crippen LogP contribution in [0.2, 0.25) is 10.0 Å². The summed E-state index contributed by atoms with van der Waals surface area (Å²) in [5.74, 6) is 1.98. The van der Waals surface area contributed by atoms with Gasteiger partial charge in [0.05, 0.1) is 33.4 Å². The molecular weight excluding hydrogens is 349 g/mol. The first-order chi connectivity index (χ1) is 11.6. The van der Waals surface area contributed by atoms with Crippen LogP contribution in [-0.2, 0) is 13.0 Å². The second-order valence-electron chi connectivity index (χ2n) is 5.26. The van der Waals surface area contributed by atoms with Crippen molar-refractivity contribution < 1.29 is 19.5 Å². The minimum absolute atomic E-state index is 0.617. The van der Waals surface area contributed by atoms with E-state index in [1.165, 1.54) is 0 Å². The summed E-state index contributed by atoms with van der Waals surface area (Å²) >= 11 is 12.1. The Bertz CT molecular complexity index is 692. The van der Waals surface area contributed by atoms with E-state index in [-0.39, 0.29) is 0 Å². The van der Waals surface area contributed by atoms with Crippen molar-refractivity contribution in [3.05, 3.63) is 51.5 Å². The molecule has 0 heterocycles. The first-order valence-corrected chi connectivity index (χ1v) is 8.39. The van der Waals surface area contributed by atoms with E-state index in [0.717, 1.165) is 30.6 Å². The highest BCUT2D eigenvalue weighted by molar-refractivity contribution is 6.35. The highest BCUT2D eigenvalue weighted by Crippen LogP contribution is 2.39. The summed E-state index contributed by atoms with van der Waals surface area (Å²) in [6.07, 6.45) is 0.867. The molecule has 24 heavy (non-hydrogen) atoms. The monoisotopic (exact) mass is 370 g/mol. The van der Waals surface area contributed by atoms with Crippen molar-refractivity contribution in [1.29, 1.82) is 0 Å². The third-order valence-corrected chi connectivity index (χ3v) is 4.37. The molecule has 2 aromatic carbocycles. The van der Waals surface area contributed by atoms with Crippen molar-refractivity contribution in [3.8, 4) is 17.2 Å². The molecule has 0 atom stereocenters. The van der Waals surface area contributed by atoms with Gasteiger partial charge in [-0.3, -0.25) is 0 Å². The van der Waals surface area contributed by atoms with Crippen LogP contribution in [0.4, 0.5) is 0 Å². The molecule has 0 saturated carbocycles. The zero-order valence-electron chi connectivity index (χ0n) is 14.1. The summed E-state index contributed by atoms with van der Waals surface area (Å²) in [5, 5.41) is 3.57. The van der Waals surface area contributed by atoms with Gasteiger partial charge in [0.2, 0.25) is 5.75 Å². The number of benzene rings is 2. The van der Waals surface area contributed by atoms with E-state index in [2.05, 4.69) is 5.32 Å². The lowest BCUT2D eigenvalue weighted by Gasteiger charge is -2.15. The van der Waals surface area contributed by atoms with E-state index in [9.17, 15) is 0 Å². The molecule has 0 bridgehead atoms. The molecule has 0 amide bonds. The molecule has 0 aliphatic carbocycles. The average Bonchev–Trinajstić information content (AvgIpc) is 2.59. The fourth-order valence-corrected chi connectivity index (χ4v) is 3.07. The molecule has 0 radical (unpaired) electrons. The van der Waals surface area contributed by atoms with Crippen LogP contribution in [0.15, 0.2) is 30.3 Å². The summed E-state index contributed by atoms with van der Waals surface area (Å²) in [5.41, 5.74) is 2.15. The summed E-state index contributed by atoms with van der Waals surface area (Å²) in [6, 6.07) is 9.48. The van der Waals surface area contributed by atoms with Gasteiger partial charge in [-0.2, -0.15) is 0 Å². The molecule has 0 aliphatic rings. The van der Waals surface area contributed by atoms with E-state index < -0.39 is 0 Å². The minimum Gasteiger partial charge on any atom is -0.493 e. The van der Waals surface area contributed by atoms with Gasteiger partial charge < -0.3 is 19.5 Å². The summed E-state index contributed by atoms with van der Waals surface area (Å²) in [7, 11) is 4.85. The molecule has 0 aromatic heterocycles. The van der Waals surface area contributed by atoms with Gasteiger partial charge in [-0.05, 0) is 29.8 Å². The van der Waals surface area contributed by atoms with Crippen LogP contribution in [-0.4, -0.2) is 27.9 Å². The topological polar surface area (TPSA) is 44.3 Å². The van der Waals surface area contributed by atoms with Crippen LogP contribution in [0.25, 0.3) is 0 Å².